The van der Waals surface area contributed by atoms with Crippen molar-refractivity contribution >= 4 is 34.4 Å². The highest BCUT2D eigenvalue weighted by molar-refractivity contribution is 7.16. The highest BCUT2D eigenvalue weighted by Crippen LogP contribution is 2.37. The number of carbonyl (C=O) groups is 2. The van der Waals surface area contributed by atoms with Gasteiger partial charge in [-0.2, -0.15) is 10.4 Å². The zero-order valence-electron chi connectivity index (χ0n) is 16.1. The SMILES string of the molecule is COc1ccc(OC)c(/C=N\NC(=O)C(=O)Nc2sc3c(c2C#N)CCCC3)c1. The third kappa shape index (κ3) is 4.55. The second-order valence-corrected chi connectivity index (χ2v) is 7.39. The molecule has 2 N–H and O–H groups in total. The monoisotopic (exact) mass is 412 g/mol. The van der Waals surface area contributed by atoms with Crippen molar-refractivity contribution in [1.29, 1.82) is 5.26 Å². The Morgan fingerprint density at radius 3 is 2.72 bits per heavy atom. The third-order valence-electron chi connectivity index (χ3n) is 4.52. The molecule has 0 spiro atoms. The third-order valence-corrected chi connectivity index (χ3v) is 5.73. The zero-order valence-corrected chi connectivity index (χ0v) is 16.9. The molecule has 9 heteroatoms. The number of amides is 2. The quantitative estimate of drug-likeness (QED) is 0.445. The smallest absolute Gasteiger partial charge is 0.329 e. The van der Waals surface area contributed by atoms with Crippen molar-refractivity contribution in [3.05, 3.63) is 39.8 Å². The average Bonchev–Trinajstić information content (AvgIpc) is 3.10. The van der Waals surface area contributed by atoms with Crippen LogP contribution < -0.4 is 20.2 Å². The number of thiophene rings is 1. The molecule has 2 aromatic rings. The van der Waals surface area contributed by atoms with Gasteiger partial charge in [-0.15, -0.1) is 11.3 Å². The van der Waals surface area contributed by atoms with Gasteiger partial charge in [-0.25, -0.2) is 5.43 Å². The number of benzene rings is 1. The van der Waals surface area contributed by atoms with Crippen LogP contribution in [-0.4, -0.2) is 32.2 Å². The van der Waals surface area contributed by atoms with E-state index >= 15 is 0 Å². The van der Waals surface area contributed by atoms with Crippen LogP contribution in [0.3, 0.4) is 0 Å². The highest BCUT2D eigenvalue weighted by atomic mass is 32.1. The van der Waals surface area contributed by atoms with E-state index in [9.17, 15) is 14.9 Å². The summed E-state index contributed by atoms with van der Waals surface area (Å²) in [5, 5.41) is 16.2. The van der Waals surface area contributed by atoms with E-state index in [1.54, 1.807) is 18.2 Å². The topological polar surface area (TPSA) is 113 Å². The Balaban J connectivity index is 1.66. The minimum absolute atomic E-state index is 0.415. The van der Waals surface area contributed by atoms with Crippen LogP contribution in [-0.2, 0) is 22.4 Å². The molecular formula is C20H20N4O4S. The van der Waals surface area contributed by atoms with Crippen molar-refractivity contribution in [2.75, 3.05) is 19.5 Å². The molecule has 0 aliphatic heterocycles. The maximum atomic E-state index is 12.2. The van der Waals surface area contributed by atoms with Gasteiger partial charge in [0, 0.05) is 10.4 Å². The van der Waals surface area contributed by atoms with E-state index in [0.29, 0.717) is 27.6 Å². The fourth-order valence-corrected chi connectivity index (χ4v) is 4.32. The van der Waals surface area contributed by atoms with E-state index in [1.165, 1.54) is 31.8 Å². The molecule has 29 heavy (non-hydrogen) atoms. The lowest BCUT2D eigenvalue weighted by molar-refractivity contribution is -0.136. The molecule has 2 amide bonds. The number of methoxy groups -OCH3 is 2. The van der Waals surface area contributed by atoms with Crippen LogP contribution in [0.4, 0.5) is 5.00 Å². The van der Waals surface area contributed by atoms with Gasteiger partial charge in [-0.3, -0.25) is 9.59 Å². The second-order valence-electron chi connectivity index (χ2n) is 6.29. The number of rotatable bonds is 5. The molecule has 150 valence electrons. The number of nitrogens with one attached hydrogen (secondary N) is 2. The predicted octanol–water partition coefficient (Wildman–Crippen LogP) is 2.60. The van der Waals surface area contributed by atoms with Crippen molar-refractivity contribution < 1.29 is 19.1 Å². The lowest BCUT2D eigenvalue weighted by Gasteiger charge is -2.09. The molecule has 1 aromatic heterocycles. The number of anilines is 1. The average molecular weight is 412 g/mol. The molecule has 0 fully saturated rings. The minimum Gasteiger partial charge on any atom is -0.497 e. The van der Waals surface area contributed by atoms with Gasteiger partial charge in [0.05, 0.1) is 26.0 Å². The largest absolute Gasteiger partial charge is 0.497 e. The molecule has 1 aliphatic rings. The summed E-state index contributed by atoms with van der Waals surface area (Å²) in [4.78, 5) is 25.4. The van der Waals surface area contributed by atoms with Gasteiger partial charge in [-0.1, -0.05) is 0 Å². The van der Waals surface area contributed by atoms with Crippen molar-refractivity contribution in [3.63, 3.8) is 0 Å². The van der Waals surface area contributed by atoms with Gasteiger partial charge >= 0.3 is 11.8 Å². The summed E-state index contributed by atoms with van der Waals surface area (Å²) in [6, 6.07) is 7.27. The number of carbonyl (C=O) groups excluding carboxylic acids is 2. The van der Waals surface area contributed by atoms with Gasteiger partial charge in [0.25, 0.3) is 0 Å². The Kier molecular flexibility index (Phi) is 6.46. The second kappa shape index (κ2) is 9.21. The molecule has 0 bridgehead atoms. The van der Waals surface area contributed by atoms with Crippen LogP contribution in [0.15, 0.2) is 23.3 Å². The van der Waals surface area contributed by atoms with Crippen LogP contribution in [0.1, 0.15) is 34.4 Å². The number of hydrazone groups is 1. The highest BCUT2D eigenvalue weighted by Gasteiger charge is 2.23. The van der Waals surface area contributed by atoms with Crippen LogP contribution in [0, 0.1) is 11.3 Å². The first-order valence-corrected chi connectivity index (χ1v) is 9.80. The Hall–Kier alpha value is -3.38. The van der Waals surface area contributed by atoms with E-state index in [4.69, 9.17) is 9.47 Å². The van der Waals surface area contributed by atoms with Gasteiger partial charge in [0.2, 0.25) is 0 Å². The zero-order chi connectivity index (χ0) is 20.8. The Morgan fingerprint density at radius 1 is 1.21 bits per heavy atom. The molecule has 0 saturated carbocycles. The van der Waals surface area contributed by atoms with Crippen LogP contribution in [0.2, 0.25) is 0 Å². The molecule has 0 saturated heterocycles. The normalized spacial score (nSPS) is 12.7. The van der Waals surface area contributed by atoms with Crippen molar-refractivity contribution in [2.24, 2.45) is 5.10 Å². The fourth-order valence-electron chi connectivity index (χ4n) is 3.08. The summed E-state index contributed by atoms with van der Waals surface area (Å²) in [5.74, 6) is -0.675. The van der Waals surface area contributed by atoms with Crippen LogP contribution in [0.5, 0.6) is 11.5 Å². The molecular weight excluding hydrogens is 392 g/mol. The summed E-state index contributed by atoms with van der Waals surface area (Å²) in [7, 11) is 3.05. The van der Waals surface area contributed by atoms with Crippen molar-refractivity contribution in [1.82, 2.24) is 5.43 Å². The number of aryl methyl sites for hydroxylation is 1. The maximum Gasteiger partial charge on any atom is 0.329 e. The van der Waals surface area contributed by atoms with Crippen LogP contribution >= 0.6 is 11.3 Å². The first-order chi connectivity index (χ1) is 14.1. The van der Waals surface area contributed by atoms with E-state index in [-0.39, 0.29) is 0 Å². The van der Waals surface area contributed by atoms with Gasteiger partial charge < -0.3 is 14.8 Å². The number of nitriles is 1. The summed E-state index contributed by atoms with van der Waals surface area (Å²) in [6.07, 6.45) is 5.16. The molecule has 0 radical (unpaired) electrons. The van der Waals surface area contributed by atoms with E-state index in [1.807, 2.05) is 0 Å². The number of fused-ring (bicyclic) bond motifs is 1. The van der Waals surface area contributed by atoms with E-state index in [0.717, 1.165) is 36.1 Å². The first kappa shape index (κ1) is 20.4. The predicted molar refractivity (Wildman–Crippen MR) is 110 cm³/mol. The Morgan fingerprint density at radius 2 is 2.00 bits per heavy atom. The number of ether oxygens (including phenoxy) is 2. The number of hydrogen-bond acceptors (Lipinski definition) is 7. The fraction of sp³-hybridized carbons (Fsp3) is 0.300. The molecule has 0 atom stereocenters. The lowest BCUT2D eigenvalue weighted by Crippen LogP contribution is -2.32. The standard InChI is InChI=1S/C20H20N4O4S/c1-27-13-7-8-16(28-2)12(9-13)11-22-24-19(26)18(25)23-20-15(10-21)14-5-3-4-6-17(14)29-20/h7-9,11H,3-6H2,1-2H3,(H,23,25)(H,24,26)/b22-11-. The number of nitrogens with zero attached hydrogens (tertiary/aromatic N) is 2. The number of hydrogen-bond donors (Lipinski definition) is 2. The molecule has 8 nitrogen and oxygen atoms in total. The molecule has 1 aromatic carbocycles. The summed E-state index contributed by atoms with van der Waals surface area (Å²) in [6.45, 7) is 0. The maximum absolute atomic E-state index is 12.2. The van der Waals surface area contributed by atoms with E-state index in [2.05, 4.69) is 21.9 Å². The van der Waals surface area contributed by atoms with Crippen molar-refractivity contribution in [2.45, 2.75) is 25.7 Å². The molecule has 0 unspecified atom stereocenters. The Bertz CT molecular complexity index is 1010. The summed E-state index contributed by atoms with van der Waals surface area (Å²) >= 11 is 1.36. The van der Waals surface area contributed by atoms with Gasteiger partial charge in [-0.05, 0) is 49.4 Å². The minimum atomic E-state index is -0.932. The summed E-state index contributed by atoms with van der Waals surface area (Å²) in [5.41, 5.74) is 4.20. The van der Waals surface area contributed by atoms with Crippen LogP contribution in [0.25, 0.3) is 0 Å². The molecule has 1 aliphatic carbocycles. The van der Waals surface area contributed by atoms with E-state index < -0.39 is 11.8 Å². The van der Waals surface area contributed by atoms with Crippen molar-refractivity contribution in [3.8, 4) is 17.6 Å². The molecule has 3 rings (SSSR count). The van der Waals surface area contributed by atoms with Gasteiger partial charge in [0.1, 0.15) is 22.6 Å². The lowest BCUT2D eigenvalue weighted by atomic mass is 9.96. The first-order valence-electron chi connectivity index (χ1n) is 8.98. The summed E-state index contributed by atoms with van der Waals surface area (Å²) < 4.78 is 10.4. The van der Waals surface area contributed by atoms with Gasteiger partial charge in [0.15, 0.2) is 0 Å². The molecule has 1 heterocycles. The Labute approximate surface area is 172 Å².